The highest BCUT2D eigenvalue weighted by atomic mass is 32.2. The first-order chi connectivity index (χ1) is 7.58. The lowest BCUT2D eigenvalue weighted by atomic mass is 10.2. The van der Waals surface area contributed by atoms with Crippen molar-refractivity contribution in [2.45, 2.75) is 11.1 Å². The minimum atomic E-state index is -5.07. The van der Waals surface area contributed by atoms with Crippen LogP contribution in [0.5, 0.6) is 0 Å². The lowest BCUT2D eigenvalue weighted by molar-refractivity contribution is -0.142. The van der Waals surface area contributed by atoms with E-state index in [1.807, 2.05) is 0 Å². The highest BCUT2D eigenvalue weighted by Crippen LogP contribution is 2.36. The van der Waals surface area contributed by atoms with Crippen molar-refractivity contribution in [1.29, 1.82) is 0 Å². The van der Waals surface area contributed by atoms with Gasteiger partial charge in [-0.05, 0) is 12.1 Å². The molecule has 8 heteroatoms. The summed E-state index contributed by atoms with van der Waals surface area (Å²) in [7, 11) is -2.20. The molecule has 1 rings (SSSR count). The number of alkyl halides is 3. The van der Waals surface area contributed by atoms with E-state index < -0.39 is 32.5 Å². The molecule has 0 spiro atoms. The van der Waals surface area contributed by atoms with E-state index in [0.717, 1.165) is 26.2 Å². The van der Waals surface area contributed by atoms with Crippen LogP contribution in [-0.4, -0.2) is 26.8 Å². The van der Waals surface area contributed by atoms with Crippen LogP contribution in [0.3, 0.4) is 0 Å². The minimum Gasteiger partial charge on any atom is -0.207 e. The van der Waals surface area contributed by atoms with Gasteiger partial charge < -0.3 is 0 Å². The SMILES string of the molecule is CN(C)S(=O)(=O)c1cccc(F)c1C(F)(F)F. The second-order valence-corrected chi connectivity index (χ2v) is 5.52. The van der Waals surface area contributed by atoms with Gasteiger partial charge in [0, 0.05) is 14.1 Å². The van der Waals surface area contributed by atoms with Crippen molar-refractivity contribution in [3.63, 3.8) is 0 Å². The first kappa shape index (κ1) is 13.9. The van der Waals surface area contributed by atoms with Crippen LogP contribution in [0.2, 0.25) is 0 Å². The zero-order chi connectivity index (χ0) is 13.4. The van der Waals surface area contributed by atoms with E-state index in [2.05, 4.69) is 0 Å². The summed E-state index contributed by atoms with van der Waals surface area (Å²) in [4.78, 5) is -1.09. The van der Waals surface area contributed by atoms with Crippen LogP contribution >= 0.6 is 0 Å². The second kappa shape index (κ2) is 4.26. The molecule has 0 N–H and O–H groups in total. The zero-order valence-corrected chi connectivity index (χ0v) is 9.73. The summed E-state index contributed by atoms with van der Waals surface area (Å²) in [6.07, 6.45) is -5.07. The first-order valence-electron chi connectivity index (χ1n) is 4.36. The minimum absolute atomic E-state index is 0.567. The van der Waals surface area contributed by atoms with Gasteiger partial charge in [0.05, 0.1) is 4.90 Å². The summed E-state index contributed by atoms with van der Waals surface area (Å²) in [5, 5.41) is 0. The Morgan fingerprint density at radius 1 is 1.18 bits per heavy atom. The fraction of sp³-hybridized carbons (Fsp3) is 0.333. The molecule has 0 radical (unpaired) electrons. The zero-order valence-electron chi connectivity index (χ0n) is 8.92. The molecule has 1 aromatic carbocycles. The third-order valence-electron chi connectivity index (χ3n) is 2.02. The average molecular weight is 271 g/mol. The molecule has 0 atom stereocenters. The Hall–Kier alpha value is -1.15. The summed E-state index contributed by atoms with van der Waals surface area (Å²) < 4.78 is 74.7. The molecule has 96 valence electrons. The number of hydrogen-bond donors (Lipinski definition) is 0. The Morgan fingerprint density at radius 3 is 2.12 bits per heavy atom. The maximum absolute atomic E-state index is 13.1. The highest BCUT2D eigenvalue weighted by Gasteiger charge is 2.40. The second-order valence-electron chi connectivity index (χ2n) is 3.40. The largest absolute Gasteiger partial charge is 0.420 e. The lowest BCUT2D eigenvalue weighted by Crippen LogP contribution is -2.26. The first-order valence-corrected chi connectivity index (χ1v) is 5.80. The van der Waals surface area contributed by atoms with Crippen LogP contribution in [0.15, 0.2) is 23.1 Å². The van der Waals surface area contributed by atoms with E-state index in [4.69, 9.17) is 0 Å². The number of hydrogen-bond acceptors (Lipinski definition) is 2. The maximum Gasteiger partial charge on any atom is 0.420 e. The molecular formula is C9H9F4NO2S. The molecule has 0 unspecified atom stereocenters. The van der Waals surface area contributed by atoms with E-state index in [9.17, 15) is 26.0 Å². The van der Waals surface area contributed by atoms with Crippen molar-refractivity contribution in [3.05, 3.63) is 29.6 Å². The Balaban J connectivity index is 3.63. The van der Waals surface area contributed by atoms with Gasteiger partial charge in [-0.3, -0.25) is 0 Å². The molecule has 0 aliphatic heterocycles. The van der Waals surface area contributed by atoms with Gasteiger partial charge in [0.15, 0.2) is 0 Å². The summed E-state index contributed by atoms with van der Waals surface area (Å²) in [6, 6.07) is 2.21. The van der Waals surface area contributed by atoms with Crippen molar-refractivity contribution in [2.75, 3.05) is 14.1 Å². The monoisotopic (exact) mass is 271 g/mol. The quantitative estimate of drug-likeness (QED) is 0.772. The topological polar surface area (TPSA) is 37.4 Å². The van der Waals surface area contributed by atoms with Crippen LogP contribution in [-0.2, 0) is 16.2 Å². The van der Waals surface area contributed by atoms with E-state index in [0.29, 0.717) is 10.4 Å². The molecule has 0 bridgehead atoms. The predicted molar refractivity (Wildman–Crippen MR) is 52.3 cm³/mol. The molecule has 1 aromatic rings. The van der Waals surface area contributed by atoms with Gasteiger partial charge in [-0.25, -0.2) is 17.1 Å². The summed E-state index contributed by atoms with van der Waals surface area (Å²) >= 11 is 0. The van der Waals surface area contributed by atoms with Crippen LogP contribution < -0.4 is 0 Å². The highest BCUT2D eigenvalue weighted by molar-refractivity contribution is 7.89. The van der Waals surface area contributed by atoms with Crippen molar-refractivity contribution < 1.29 is 26.0 Å². The number of rotatable bonds is 2. The molecular weight excluding hydrogens is 262 g/mol. The predicted octanol–water partition coefficient (Wildman–Crippen LogP) is 2.09. The molecule has 0 aromatic heterocycles. The molecule has 3 nitrogen and oxygen atoms in total. The summed E-state index contributed by atoms with van der Waals surface area (Å²) in [5.41, 5.74) is -1.77. The smallest absolute Gasteiger partial charge is 0.207 e. The fourth-order valence-corrected chi connectivity index (χ4v) is 2.31. The Labute approximate surface area is 95.7 Å². The Kier molecular flexibility index (Phi) is 3.49. The maximum atomic E-state index is 13.1. The van der Waals surface area contributed by atoms with Gasteiger partial charge in [-0.15, -0.1) is 0 Å². The van der Waals surface area contributed by atoms with Crippen LogP contribution in [0.1, 0.15) is 5.56 Å². The number of benzene rings is 1. The molecule has 0 amide bonds. The van der Waals surface area contributed by atoms with E-state index in [1.54, 1.807) is 0 Å². The van der Waals surface area contributed by atoms with Crippen LogP contribution in [0.4, 0.5) is 17.6 Å². The van der Waals surface area contributed by atoms with Crippen molar-refractivity contribution >= 4 is 10.0 Å². The van der Waals surface area contributed by atoms with E-state index >= 15 is 0 Å². The normalized spacial score (nSPS) is 13.1. The van der Waals surface area contributed by atoms with Gasteiger partial charge in [0.2, 0.25) is 10.0 Å². The van der Waals surface area contributed by atoms with Gasteiger partial charge in [0.1, 0.15) is 11.4 Å². The standard InChI is InChI=1S/C9H9F4NO2S/c1-14(2)17(15,16)7-5-3-4-6(10)8(7)9(11,12)13/h3-5H,1-2H3. The number of nitrogens with zero attached hydrogens (tertiary/aromatic N) is 1. The molecule has 17 heavy (non-hydrogen) atoms. The number of sulfonamides is 1. The molecule has 0 saturated carbocycles. The van der Waals surface area contributed by atoms with Gasteiger partial charge in [-0.2, -0.15) is 13.2 Å². The number of halogens is 4. The lowest BCUT2D eigenvalue weighted by Gasteiger charge is -2.17. The van der Waals surface area contributed by atoms with Crippen molar-refractivity contribution in [2.24, 2.45) is 0 Å². The Morgan fingerprint density at radius 2 is 1.71 bits per heavy atom. The average Bonchev–Trinajstić information content (AvgIpc) is 2.14. The molecule has 0 heterocycles. The van der Waals surface area contributed by atoms with Crippen molar-refractivity contribution in [1.82, 2.24) is 4.31 Å². The molecule has 0 fully saturated rings. The summed E-state index contributed by atoms with van der Waals surface area (Å²) in [6.45, 7) is 0. The summed E-state index contributed by atoms with van der Waals surface area (Å²) in [5.74, 6) is -1.61. The van der Waals surface area contributed by atoms with Gasteiger partial charge in [0.25, 0.3) is 0 Å². The van der Waals surface area contributed by atoms with Crippen molar-refractivity contribution in [3.8, 4) is 0 Å². The third-order valence-corrected chi connectivity index (χ3v) is 3.87. The third kappa shape index (κ3) is 2.58. The van der Waals surface area contributed by atoms with E-state index in [1.165, 1.54) is 0 Å². The molecule has 0 aliphatic rings. The fourth-order valence-electron chi connectivity index (χ4n) is 1.19. The Bertz CT molecular complexity index is 522. The van der Waals surface area contributed by atoms with Gasteiger partial charge >= 0.3 is 6.18 Å². The molecule has 0 aliphatic carbocycles. The van der Waals surface area contributed by atoms with Crippen LogP contribution in [0.25, 0.3) is 0 Å². The molecule has 0 saturated heterocycles. The van der Waals surface area contributed by atoms with E-state index in [-0.39, 0.29) is 0 Å². The van der Waals surface area contributed by atoms with Crippen LogP contribution in [0, 0.1) is 5.82 Å². The van der Waals surface area contributed by atoms with Gasteiger partial charge in [-0.1, -0.05) is 6.07 Å².